The summed E-state index contributed by atoms with van der Waals surface area (Å²) >= 11 is 0. The van der Waals surface area contributed by atoms with Crippen LogP contribution in [-0.2, 0) is 10.0 Å². The largest absolute Gasteiger partial charge is 0.444 e. The van der Waals surface area contributed by atoms with E-state index in [1.165, 1.54) is 6.07 Å². The Labute approximate surface area is 157 Å². The van der Waals surface area contributed by atoms with E-state index in [2.05, 4.69) is 15.0 Å². The minimum absolute atomic E-state index is 0.325. The molecule has 3 rings (SSSR count). The molecule has 0 fully saturated rings. The van der Waals surface area contributed by atoms with Gasteiger partial charge in [0.1, 0.15) is 6.26 Å². The van der Waals surface area contributed by atoms with Gasteiger partial charge in [0.2, 0.25) is 15.9 Å². The molecule has 3 aromatic rings. The lowest BCUT2D eigenvalue weighted by molar-refractivity contribution is 0.102. The number of hydrogen-bond donors (Lipinski definition) is 2. The van der Waals surface area contributed by atoms with Gasteiger partial charge in [0, 0.05) is 22.5 Å². The van der Waals surface area contributed by atoms with Crippen LogP contribution in [0.1, 0.15) is 21.6 Å². The lowest BCUT2D eigenvalue weighted by Crippen LogP contribution is -2.14. The Balaban J connectivity index is 1.85. The predicted molar refractivity (Wildman–Crippen MR) is 104 cm³/mol. The maximum Gasteiger partial charge on any atom is 0.255 e. The average Bonchev–Trinajstić information content (AvgIpc) is 3.02. The van der Waals surface area contributed by atoms with Gasteiger partial charge in [0.25, 0.3) is 5.91 Å². The van der Waals surface area contributed by atoms with E-state index in [4.69, 9.17) is 4.42 Å². The molecule has 0 bridgehead atoms. The van der Waals surface area contributed by atoms with Crippen LogP contribution in [0.2, 0.25) is 0 Å². The molecule has 2 N–H and O–H groups in total. The summed E-state index contributed by atoms with van der Waals surface area (Å²) in [5.74, 6) is 0.123. The number of oxazole rings is 1. The average molecular weight is 385 g/mol. The minimum Gasteiger partial charge on any atom is -0.444 e. The van der Waals surface area contributed by atoms with E-state index < -0.39 is 10.0 Å². The number of aromatic nitrogens is 1. The number of sulfonamides is 1. The first-order chi connectivity index (χ1) is 12.7. The van der Waals surface area contributed by atoms with Crippen molar-refractivity contribution in [1.29, 1.82) is 0 Å². The fraction of sp³-hybridized carbons (Fsp3) is 0.158. The van der Waals surface area contributed by atoms with Crippen LogP contribution in [0.4, 0.5) is 11.4 Å². The molecular formula is C19H19N3O4S. The molecule has 0 aliphatic rings. The SMILES string of the molecule is Cc1coc(-c2ccc(C)c(NC(=O)c3cccc(NS(C)(=O)=O)c3)c2)n1. The third-order valence-corrected chi connectivity index (χ3v) is 4.39. The van der Waals surface area contributed by atoms with Crippen LogP contribution in [0.5, 0.6) is 0 Å². The third-order valence-electron chi connectivity index (χ3n) is 3.78. The fourth-order valence-electron chi connectivity index (χ4n) is 2.51. The molecule has 0 saturated heterocycles. The number of nitrogens with zero attached hydrogens (tertiary/aromatic N) is 1. The summed E-state index contributed by atoms with van der Waals surface area (Å²) in [5, 5.41) is 2.85. The molecule has 0 unspecified atom stereocenters. The summed E-state index contributed by atoms with van der Waals surface area (Å²) in [7, 11) is -3.42. The maximum atomic E-state index is 12.6. The molecule has 0 aliphatic heterocycles. The molecule has 2 aromatic carbocycles. The highest BCUT2D eigenvalue weighted by Crippen LogP contribution is 2.25. The Hall–Kier alpha value is -3.13. The maximum absolute atomic E-state index is 12.6. The molecule has 7 nitrogen and oxygen atoms in total. The summed E-state index contributed by atoms with van der Waals surface area (Å²) in [6.07, 6.45) is 2.62. The van der Waals surface area contributed by atoms with Gasteiger partial charge in [-0.15, -0.1) is 0 Å². The lowest BCUT2D eigenvalue weighted by atomic mass is 10.1. The van der Waals surface area contributed by atoms with Gasteiger partial charge in [-0.3, -0.25) is 9.52 Å². The number of aryl methyl sites for hydroxylation is 2. The molecule has 0 aliphatic carbocycles. The molecule has 8 heteroatoms. The highest BCUT2D eigenvalue weighted by Gasteiger charge is 2.12. The topological polar surface area (TPSA) is 101 Å². The van der Waals surface area contributed by atoms with Gasteiger partial charge in [0.05, 0.1) is 11.9 Å². The first-order valence-electron chi connectivity index (χ1n) is 8.13. The number of rotatable bonds is 5. The molecule has 0 atom stereocenters. The van der Waals surface area contributed by atoms with Crippen LogP contribution in [0.15, 0.2) is 53.1 Å². The molecule has 27 heavy (non-hydrogen) atoms. The smallest absolute Gasteiger partial charge is 0.255 e. The molecule has 140 valence electrons. The third kappa shape index (κ3) is 4.73. The first-order valence-corrected chi connectivity index (χ1v) is 10.0. The van der Waals surface area contributed by atoms with Crippen LogP contribution >= 0.6 is 0 Å². The Morgan fingerprint density at radius 3 is 2.56 bits per heavy atom. The molecule has 0 saturated carbocycles. The summed E-state index contributed by atoms with van der Waals surface area (Å²) in [5.41, 5.74) is 3.67. The Bertz CT molecular complexity index is 1100. The van der Waals surface area contributed by atoms with Crippen molar-refractivity contribution in [2.75, 3.05) is 16.3 Å². The molecule has 0 spiro atoms. The second-order valence-corrected chi connectivity index (χ2v) is 7.98. The number of carbonyl (C=O) groups excluding carboxylic acids is 1. The van der Waals surface area contributed by atoms with Crippen molar-refractivity contribution in [3.05, 3.63) is 65.5 Å². The Morgan fingerprint density at radius 1 is 1.11 bits per heavy atom. The predicted octanol–water partition coefficient (Wildman–Crippen LogP) is 3.58. The van der Waals surface area contributed by atoms with E-state index >= 15 is 0 Å². The van der Waals surface area contributed by atoms with Gasteiger partial charge in [0.15, 0.2) is 0 Å². The van der Waals surface area contributed by atoms with E-state index in [0.717, 1.165) is 23.1 Å². The zero-order valence-electron chi connectivity index (χ0n) is 15.1. The van der Waals surface area contributed by atoms with Crippen molar-refractivity contribution in [2.24, 2.45) is 0 Å². The van der Waals surface area contributed by atoms with Crippen LogP contribution in [-0.4, -0.2) is 25.6 Å². The summed E-state index contributed by atoms with van der Waals surface area (Å²) < 4.78 is 30.5. The van der Waals surface area contributed by atoms with E-state index in [1.54, 1.807) is 30.5 Å². The summed E-state index contributed by atoms with van der Waals surface area (Å²) in [6.45, 7) is 3.71. The zero-order valence-corrected chi connectivity index (χ0v) is 15.9. The standard InChI is InChI=1S/C19H19N3O4S/c1-12-7-8-15(19-20-13(2)11-26-19)10-17(12)21-18(23)14-5-4-6-16(9-14)22-27(3,24)25/h4-11,22H,1-3H3,(H,21,23). The highest BCUT2D eigenvalue weighted by molar-refractivity contribution is 7.92. The van der Waals surface area contributed by atoms with Crippen molar-refractivity contribution >= 4 is 27.3 Å². The zero-order chi connectivity index (χ0) is 19.6. The van der Waals surface area contributed by atoms with Crippen molar-refractivity contribution in [1.82, 2.24) is 4.98 Å². The van der Waals surface area contributed by atoms with Gasteiger partial charge < -0.3 is 9.73 Å². The van der Waals surface area contributed by atoms with Crippen LogP contribution in [0.3, 0.4) is 0 Å². The fourth-order valence-corrected chi connectivity index (χ4v) is 3.06. The number of benzene rings is 2. The first kappa shape index (κ1) is 18.7. The van der Waals surface area contributed by atoms with E-state index in [-0.39, 0.29) is 5.91 Å². The Morgan fingerprint density at radius 2 is 1.89 bits per heavy atom. The number of nitrogens with one attached hydrogen (secondary N) is 2. The summed E-state index contributed by atoms with van der Waals surface area (Å²) in [6, 6.07) is 11.8. The van der Waals surface area contributed by atoms with Crippen LogP contribution in [0.25, 0.3) is 11.5 Å². The second kappa shape index (κ2) is 7.24. The number of hydrogen-bond acceptors (Lipinski definition) is 5. The van der Waals surface area contributed by atoms with Crippen LogP contribution in [0, 0.1) is 13.8 Å². The Kier molecular flexibility index (Phi) is 5.00. The normalized spacial score (nSPS) is 11.2. The van der Waals surface area contributed by atoms with Gasteiger partial charge in [-0.1, -0.05) is 12.1 Å². The molecule has 0 radical (unpaired) electrons. The highest BCUT2D eigenvalue weighted by atomic mass is 32.2. The lowest BCUT2D eigenvalue weighted by Gasteiger charge is -2.11. The van der Waals surface area contributed by atoms with Gasteiger partial charge in [-0.2, -0.15) is 0 Å². The number of amides is 1. The number of carbonyl (C=O) groups is 1. The minimum atomic E-state index is -3.42. The molecular weight excluding hydrogens is 366 g/mol. The van der Waals surface area contributed by atoms with Crippen molar-refractivity contribution < 1.29 is 17.6 Å². The van der Waals surface area contributed by atoms with Crippen molar-refractivity contribution in [3.8, 4) is 11.5 Å². The van der Waals surface area contributed by atoms with E-state index in [9.17, 15) is 13.2 Å². The number of anilines is 2. The van der Waals surface area contributed by atoms with Crippen molar-refractivity contribution in [2.45, 2.75) is 13.8 Å². The van der Waals surface area contributed by atoms with Gasteiger partial charge in [-0.25, -0.2) is 13.4 Å². The quantitative estimate of drug-likeness (QED) is 0.699. The van der Waals surface area contributed by atoms with E-state index in [1.807, 2.05) is 26.0 Å². The monoisotopic (exact) mass is 385 g/mol. The van der Waals surface area contributed by atoms with E-state index in [0.29, 0.717) is 22.8 Å². The second-order valence-electron chi connectivity index (χ2n) is 6.23. The summed E-state index contributed by atoms with van der Waals surface area (Å²) in [4.78, 5) is 16.9. The van der Waals surface area contributed by atoms with Gasteiger partial charge >= 0.3 is 0 Å². The molecule has 1 aromatic heterocycles. The van der Waals surface area contributed by atoms with Crippen molar-refractivity contribution in [3.63, 3.8) is 0 Å². The van der Waals surface area contributed by atoms with Gasteiger partial charge in [-0.05, 0) is 49.7 Å². The van der Waals surface area contributed by atoms with Crippen LogP contribution < -0.4 is 10.0 Å². The molecule has 1 amide bonds. The molecule has 1 heterocycles.